The molecule has 0 atom stereocenters. The Morgan fingerprint density at radius 2 is 1.84 bits per heavy atom. The van der Waals surface area contributed by atoms with Gasteiger partial charge in [0.1, 0.15) is 11.4 Å². The van der Waals surface area contributed by atoms with Gasteiger partial charge in [-0.15, -0.1) is 0 Å². The predicted octanol–water partition coefficient (Wildman–Crippen LogP) is 3.00. The molecule has 1 aromatic heterocycles. The fraction of sp³-hybridized carbons (Fsp3) is 0.333. The summed E-state index contributed by atoms with van der Waals surface area (Å²) in [6, 6.07) is 7.98. The third-order valence-electron chi connectivity index (χ3n) is 3.41. The van der Waals surface area contributed by atoms with E-state index in [4.69, 9.17) is 5.11 Å². The molecule has 0 fully saturated rings. The van der Waals surface area contributed by atoms with Crippen LogP contribution in [0.3, 0.4) is 0 Å². The average Bonchev–Trinajstić information content (AvgIpc) is 2.48. The largest absolute Gasteiger partial charge is 0.392 e. The average molecular weight is 272 g/mol. The molecular formula is C15H16N2OS. The van der Waals surface area contributed by atoms with Crippen LogP contribution >= 0.6 is 11.8 Å². The number of aliphatic hydroxyl groups excluding tert-OH is 1. The summed E-state index contributed by atoms with van der Waals surface area (Å²) in [5, 5.41) is 10.1. The first-order valence-electron chi connectivity index (χ1n) is 6.57. The maximum atomic E-state index is 9.05. The Balaban J connectivity index is 1.86. The van der Waals surface area contributed by atoms with E-state index in [-0.39, 0.29) is 6.61 Å². The number of aryl methyl sites for hydroxylation is 1. The molecule has 4 heteroatoms. The molecule has 0 spiro atoms. The number of hydrogen-bond donors (Lipinski definition) is 1. The molecule has 0 saturated heterocycles. The van der Waals surface area contributed by atoms with Crippen LogP contribution in [0, 0.1) is 0 Å². The fourth-order valence-electron chi connectivity index (χ4n) is 2.35. The van der Waals surface area contributed by atoms with Crippen LogP contribution in [-0.4, -0.2) is 15.1 Å². The summed E-state index contributed by atoms with van der Waals surface area (Å²) in [5.74, 6) is 0. The quantitative estimate of drug-likeness (QED) is 0.873. The summed E-state index contributed by atoms with van der Waals surface area (Å²) in [7, 11) is 0. The van der Waals surface area contributed by atoms with Gasteiger partial charge in [-0.05, 0) is 43.4 Å². The van der Waals surface area contributed by atoms with E-state index in [0.29, 0.717) is 0 Å². The van der Waals surface area contributed by atoms with Crippen molar-refractivity contribution in [3.8, 4) is 0 Å². The maximum Gasteiger partial charge on any atom is 0.117 e. The Labute approximate surface area is 117 Å². The number of hydrogen-bond acceptors (Lipinski definition) is 4. The van der Waals surface area contributed by atoms with Crippen molar-refractivity contribution in [1.82, 2.24) is 9.97 Å². The summed E-state index contributed by atoms with van der Waals surface area (Å²) >= 11 is 1.69. The number of aliphatic hydroxyl groups is 1. The summed E-state index contributed by atoms with van der Waals surface area (Å²) < 4.78 is 0. The summed E-state index contributed by atoms with van der Waals surface area (Å²) in [6.07, 6.45) is 6.31. The van der Waals surface area contributed by atoms with Gasteiger partial charge in [0, 0.05) is 16.2 Å². The molecule has 3 nitrogen and oxygen atoms in total. The molecular weight excluding hydrogens is 256 g/mol. The molecule has 98 valence electrons. The summed E-state index contributed by atoms with van der Waals surface area (Å²) in [6.45, 7) is 0.0911. The Kier molecular flexibility index (Phi) is 3.80. The molecule has 0 saturated carbocycles. The minimum absolute atomic E-state index is 0.0911. The van der Waals surface area contributed by atoms with Gasteiger partial charge < -0.3 is 5.11 Å². The van der Waals surface area contributed by atoms with Crippen molar-refractivity contribution in [1.29, 1.82) is 0 Å². The van der Waals surface area contributed by atoms with Crippen molar-refractivity contribution in [2.75, 3.05) is 0 Å². The van der Waals surface area contributed by atoms with E-state index >= 15 is 0 Å². The van der Waals surface area contributed by atoms with Gasteiger partial charge in [0.25, 0.3) is 0 Å². The van der Waals surface area contributed by atoms with Gasteiger partial charge in [0.05, 0.1) is 6.61 Å². The highest BCUT2D eigenvalue weighted by Gasteiger charge is 2.15. The van der Waals surface area contributed by atoms with Crippen LogP contribution in [0.4, 0.5) is 0 Å². The lowest BCUT2D eigenvalue weighted by atomic mass is 9.98. The highest BCUT2D eigenvalue weighted by molar-refractivity contribution is 7.99. The van der Waals surface area contributed by atoms with Crippen LogP contribution in [0.25, 0.3) is 0 Å². The monoisotopic (exact) mass is 272 g/mol. The highest BCUT2D eigenvalue weighted by Crippen LogP contribution is 2.32. The number of rotatable bonds is 3. The number of fused-ring (bicyclic) bond motifs is 1. The maximum absolute atomic E-state index is 9.05. The molecule has 1 aromatic carbocycles. The predicted molar refractivity (Wildman–Crippen MR) is 75.2 cm³/mol. The van der Waals surface area contributed by atoms with E-state index in [0.717, 1.165) is 28.3 Å². The minimum Gasteiger partial charge on any atom is -0.392 e. The van der Waals surface area contributed by atoms with Gasteiger partial charge in [0.2, 0.25) is 0 Å². The molecule has 3 rings (SSSR count). The van der Waals surface area contributed by atoms with Crippen molar-refractivity contribution in [2.45, 2.75) is 42.2 Å². The van der Waals surface area contributed by atoms with E-state index in [2.05, 4.69) is 9.97 Å². The van der Waals surface area contributed by atoms with Crippen molar-refractivity contribution < 1.29 is 5.11 Å². The first kappa shape index (κ1) is 12.6. The molecule has 0 unspecified atom stereocenters. The molecule has 1 aliphatic carbocycles. The van der Waals surface area contributed by atoms with Crippen molar-refractivity contribution in [2.24, 2.45) is 0 Å². The SMILES string of the molecule is OCc1ccc(Sc2ncnc3c2CCCC3)cc1. The second-order valence-electron chi connectivity index (χ2n) is 4.72. The molecule has 1 aliphatic rings. The van der Waals surface area contributed by atoms with Gasteiger partial charge in [-0.25, -0.2) is 9.97 Å². The molecule has 2 aromatic rings. The Morgan fingerprint density at radius 3 is 2.63 bits per heavy atom. The van der Waals surface area contributed by atoms with Crippen molar-refractivity contribution >= 4 is 11.8 Å². The highest BCUT2D eigenvalue weighted by atomic mass is 32.2. The van der Waals surface area contributed by atoms with Gasteiger partial charge in [-0.1, -0.05) is 23.9 Å². The molecule has 1 heterocycles. The first-order chi connectivity index (χ1) is 9.36. The molecule has 1 N–H and O–H groups in total. The number of aromatic nitrogens is 2. The first-order valence-corrected chi connectivity index (χ1v) is 7.39. The van der Waals surface area contributed by atoms with E-state index in [1.807, 2.05) is 24.3 Å². The van der Waals surface area contributed by atoms with Crippen LogP contribution in [0.15, 0.2) is 40.5 Å². The second kappa shape index (κ2) is 5.72. The van der Waals surface area contributed by atoms with E-state index in [1.165, 1.54) is 24.1 Å². The molecule has 0 amide bonds. The zero-order valence-electron chi connectivity index (χ0n) is 10.7. The molecule has 19 heavy (non-hydrogen) atoms. The van der Waals surface area contributed by atoms with Gasteiger partial charge >= 0.3 is 0 Å². The van der Waals surface area contributed by atoms with E-state index < -0.39 is 0 Å². The third-order valence-corrected chi connectivity index (χ3v) is 4.46. The van der Waals surface area contributed by atoms with Crippen LogP contribution in [0.2, 0.25) is 0 Å². The Bertz CT molecular complexity index is 569. The van der Waals surface area contributed by atoms with Crippen LogP contribution in [-0.2, 0) is 19.4 Å². The normalized spacial score (nSPS) is 14.2. The minimum atomic E-state index is 0.0911. The van der Waals surface area contributed by atoms with Crippen molar-refractivity contribution in [3.63, 3.8) is 0 Å². The van der Waals surface area contributed by atoms with E-state index in [1.54, 1.807) is 18.1 Å². The van der Waals surface area contributed by atoms with E-state index in [9.17, 15) is 0 Å². The lowest BCUT2D eigenvalue weighted by Crippen LogP contribution is -2.07. The van der Waals surface area contributed by atoms with Gasteiger partial charge in [-0.3, -0.25) is 0 Å². The lowest BCUT2D eigenvalue weighted by Gasteiger charge is -2.16. The fourth-order valence-corrected chi connectivity index (χ4v) is 3.29. The zero-order valence-corrected chi connectivity index (χ0v) is 11.5. The van der Waals surface area contributed by atoms with Gasteiger partial charge in [0.15, 0.2) is 0 Å². The van der Waals surface area contributed by atoms with Crippen LogP contribution in [0.5, 0.6) is 0 Å². The van der Waals surface area contributed by atoms with Crippen LogP contribution in [0.1, 0.15) is 29.7 Å². The number of nitrogens with zero attached hydrogens (tertiary/aromatic N) is 2. The third kappa shape index (κ3) is 2.80. The topological polar surface area (TPSA) is 46.0 Å². The molecule has 0 radical (unpaired) electrons. The molecule has 0 bridgehead atoms. The van der Waals surface area contributed by atoms with Crippen LogP contribution < -0.4 is 0 Å². The Morgan fingerprint density at radius 1 is 1.05 bits per heavy atom. The van der Waals surface area contributed by atoms with Crippen molar-refractivity contribution in [3.05, 3.63) is 47.4 Å². The second-order valence-corrected chi connectivity index (χ2v) is 5.78. The Hall–Kier alpha value is -1.39. The lowest BCUT2D eigenvalue weighted by molar-refractivity contribution is 0.282. The zero-order chi connectivity index (χ0) is 13.1. The smallest absolute Gasteiger partial charge is 0.117 e. The number of benzene rings is 1. The summed E-state index contributed by atoms with van der Waals surface area (Å²) in [5.41, 5.74) is 3.48. The standard InChI is InChI=1S/C15H16N2OS/c18-9-11-5-7-12(8-6-11)19-15-13-3-1-2-4-14(13)16-10-17-15/h5-8,10,18H,1-4,9H2. The summed E-state index contributed by atoms with van der Waals surface area (Å²) in [4.78, 5) is 9.98. The molecule has 0 aliphatic heterocycles. The van der Waals surface area contributed by atoms with Gasteiger partial charge in [-0.2, -0.15) is 0 Å².